The molecule has 38 heavy (non-hydrogen) atoms. The van der Waals surface area contributed by atoms with Crippen molar-refractivity contribution in [1.82, 2.24) is 5.01 Å². The Morgan fingerprint density at radius 3 is 2.61 bits per heavy atom. The Bertz CT molecular complexity index is 1410. The van der Waals surface area contributed by atoms with Crippen molar-refractivity contribution >= 4 is 51.7 Å². The summed E-state index contributed by atoms with van der Waals surface area (Å²) >= 11 is 7.57. The van der Waals surface area contributed by atoms with Crippen LogP contribution >= 0.6 is 23.4 Å². The van der Waals surface area contributed by atoms with E-state index in [4.69, 9.17) is 21.4 Å². The SMILES string of the molecule is CCOc1ccc(NC(=O)C[C@@H]2SC(N3N=C(c4ccc(C)cc4)C[C@H]3c3cccc(Cl)c3)=NC2=O)cc1. The molecule has 7 nitrogen and oxygen atoms in total. The molecule has 0 bridgehead atoms. The molecule has 9 heteroatoms. The van der Waals surface area contributed by atoms with Gasteiger partial charge in [-0.3, -0.25) is 9.59 Å². The van der Waals surface area contributed by atoms with Crippen LogP contribution in [0.3, 0.4) is 0 Å². The summed E-state index contributed by atoms with van der Waals surface area (Å²) < 4.78 is 5.44. The molecule has 3 aromatic carbocycles. The number of hydrogen-bond donors (Lipinski definition) is 1. The van der Waals surface area contributed by atoms with Gasteiger partial charge in [0.2, 0.25) is 5.91 Å². The third-order valence-electron chi connectivity index (χ3n) is 6.27. The maximum atomic E-state index is 12.8. The number of aliphatic imine (C=N–C) groups is 1. The maximum absolute atomic E-state index is 12.8. The molecule has 2 atom stereocenters. The van der Waals surface area contributed by atoms with Crippen molar-refractivity contribution in [3.05, 3.63) is 94.5 Å². The summed E-state index contributed by atoms with van der Waals surface area (Å²) in [5.41, 5.74) is 4.72. The molecule has 0 aliphatic carbocycles. The lowest BCUT2D eigenvalue weighted by atomic mass is 9.98. The average molecular weight is 547 g/mol. The molecular formula is C29H27ClN4O3S. The zero-order valence-electron chi connectivity index (χ0n) is 21.1. The zero-order valence-corrected chi connectivity index (χ0v) is 22.6. The van der Waals surface area contributed by atoms with Crippen LogP contribution in [0.4, 0.5) is 5.69 Å². The first-order valence-corrected chi connectivity index (χ1v) is 13.7. The van der Waals surface area contributed by atoms with Crippen LogP contribution in [-0.2, 0) is 9.59 Å². The first kappa shape index (κ1) is 26.0. The Kier molecular flexibility index (Phi) is 7.81. The number of amides is 2. The van der Waals surface area contributed by atoms with Crippen molar-refractivity contribution in [1.29, 1.82) is 0 Å². The van der Waals surface area contributed by atoms with Gasteiger partial charge < -0.3 is 10.1 Å². The normalized spacial score (nSPS) is 18.8. The second-order valence-electron chi connectivity index (χ2n) is 9.08. The van der Waals surface area contributed by atoms with Crippen LogP contribution in [-0.4, -0.2) is 39.6 Å². The first-order valence-electron chi connectivity index (χ1n) is 12.4. The van der Waals surface area contributed by atoms with Gasteiger partial charge in [-0.05, 0) is 61.4 Å². The van der Waals surface area contributed by atoms with Gasteiger partial charge in [-0.2, -0.15) is 10.1 Å². The Hall–Kier alpha value is -3.62. The Morgan fingerprint density at radius 2 is 1.89 bits per heavy atom. The van der Waals surface area contributed by atoms with Crippen LogP contribution in [0.5, 0.6) is 5.75 Å². The van der Waals surface area contributed by atoms with Gasteiger partial charge in [0, 0.05) is 23.6 Å². The van der Waals surface area contributed by atoms with Crippen molar-refractivity contribution < 1.29 is 14.3 Å². The third-order valence-corrected chi connectivity index (χ3v) is 7.65. The van der Waals surface area contributed by atoms with Gasteiger partial charge in [0.05, 0.1) is 18.4 Å². The Morgan fingerprint density at radius 1 is 1.13 bits per heavy atom. The average Bonchev–Trinajstić information content (AvgIpc) is 3.50. The van der Waals surface area contributed by atoms with Gasteiger partial charge in [-0.1, -0.05) is 65.3 Å². The third kappa shape index (κ3) is 5.92. The van der Waals surface area contributed by atoms with Gasteiger partial charge in [0.15, 0.2) is 5.17 Å². The van der Waals surface area contributed by atoms with Crippen molar-refractivity contribution in [2.24, 2.45) is 10.1 Å². The van der Waals surface area contributed by atoms with Gasteiger partial charge >= 0.3 is 0 Å². The summed E-state index contributed by atoms with van der Waals surface area (Å²) in [6.07, 6.45) is 0.647. The number of ether oxygens (including phenoxy) is 1. The first-order chi connectivity index (χ1) is 18.4. The molecule has 194 valence electrons. The molecular weight excluding hydrogens is 520 g/mol. The summed E-state index contributed by atoms with van der Waals surface area (Å²) in [5, 5.41) is 10.0. The van der Waals surface area contributed by atoms with Crippen molar-refractivity contribution in [2.45, 2.75) is 38.0 Å². The second-order valence-corrected chi connectivity index (χ2v) is 10.7. The number of benzene rings is 3. The largest absolute Gasteiger partial charge is 0.494 e. The van der Waals surface area contributed by atoms with E-state index >= 15 is 0 Å². The summed E-state index contributed by atoms with van der Waals surface area (Å²) in [6.45, 7) is 4.53. The summed E-state index contributed by atoms with van der Waals surface area (Å²) in [4.78, 5) is 29.9. The number of aryl methyl sites for hydroxylation is 1. The van der Waals surface area contributed by atoms with Crippen LogP contribution < -0.4 is 10.1 Å². The second kappa shape index (κ2) is 11.4. The number of rotatable bonds is 7. The van der Waals surface area contributed by atoms with Crippen LogP contribution in [0, 0.1) is 6.92 Å². The molecule has 0 unspecified atom stereocenters. The van der Waals surface area contributed by atoms with E-state index in [1.54, 1.807) is 29.3 Å². The smallest absolute Gasteiger partial charge is 0.262 e. The van der Waals surface area contributed by atoms with E-state index in [1.165, 1.54) is 17.3 Å². The summed E-state index contributed by atoms with van der Waals surface area (Å²) in [7, 11) is 0. The quantitative estimate of drug-likeness (QED) is 0.380. The molecule has 0 fully saturated rings. The number of thioether (sulfide) groups is 1. The highest BCUT2D eigenvalue weighted by atomic mass is 35.5. The van der Waals surface area contributed by atoms with E-state index in [0.29, 0.717) is 28.9 Å². The number of nitrogens with zero attached hydrogens (tertiary/aromatic N) is 3. The number of nitrogens with one attached hydrogen (secondary N) is 1. The van der Waals surface area contributed by atoms with Crippen molar-refractivity contribution in [3.8, 4) is 5.75 Å². The van der Waals surface area contributed by atoms with Crippen LogP contribution in [0.15, 0.2) is 82.9 Å². The molecule has 0 aromatic heterocycles. The topological polar surface area (TPSA) is 83.4 Å². The van der Waals surface area contributed by atoms with Gasteiger partial charge in [0.25, 0.3) is 5.91 Å². The molecule has 0 spiro atoms. The predicted molar refractivity (Wildman–Crippen MR) is 153 cm³/mol. The lowest BCUT2D eigenvalue weighted by Crippen LogP contribution is -2.25. The summed E-state index contributed by atoms with van der Waals surface area (Å²) in [6, 6.07) is 22.8. The molecule has 0 saturated carbocycles. The minimum atomic E-state index is -0.619. The van der Waals surface area contributed by atoms with Crippen LogP contribution in [0.25, 0.3) is 0 Å². The maximum Gasteiger partial charge on any atom is 0.262 e. The van der Waals surface area contributed by atoms with Gasteiger partial charge in [-0.25, -0.2) is 5.01 Å². The van der Waals surface area contributed by atoms with Gasteiger partial charge in [-0.15, -0.1) is 0 Å². The van der Waals surface area contributed by atoms with Crippen LogP contribution in [0.1, 0.15) is 42.5 Å². The molecule has 2 amide bonds. The van der Waals surface area contributed by atoms with Crippen molar-refractivity contribution in [3.63, 3.8) is 0 Å². The monoisotopic (exact) mass is 546 g/mol. The summed E-state index contributed by atoms with van der Waals surface area (Å²) in [5.74, 6) is 0.138. The van der Waals surface area contributed by atoms with E-state index in [-0.39, 0.29) is 24.3 Å². The lowest BCUT2D eigenvalue weighted by molar-refractivity contribution is -0.121. The van der Waals surface area contributed by atoms with E-state index in [1.807, 2.05) is 38.1 Å². The van der Waals surface area contributed by atoms with E-state index in [9.17, 15) is 9.59 Å². The molecule has 2 aliphatic heterocycles. The highest BCUT2D eigenvalue weighted by Gasteiger charge is 2.39. The van der Waals surface area contributed by atoms with E-state index in [2.05, 4.69) is 34.6 Å². The zero-order chi connectivity index (χ0) is 26.6. The fraction of sp³-hybridized carbons (Fsp3) is 0.241. The Balaban J connectivity index is 1.31. The number of halogens is 1. The molecule has 2 heterocycles. The molecule has 5 rings (SSSR count). The number of anilines is 1. The molecule has 3 aromatic rings. The minimum absolute atomic E-state index is 0.00785. The van der Waals surface area contributed by atoms with Crippen molar-refractivity contribution in [2.75, 3.05) is 11.9 Å². The fourth-order valence-corrected chi connectivity index (χ4v) is 5.63. The van der Waals surface area contributed by atoms with Gasteiger partial charge in [0.1, 0.15) is 11.0 Å². The van der Waals surface area contributed by atoms with Crippen LogP contribution in [0.2, 0.25) is 5.02 Å². The number of amidine groups is 1. The highest BCUT2D eigenvalue weighted by molar-refractivity contribution is 8.15. The molecule has 0 saturated heterocycles. The molecule has 1 N–H and O–H groups in total. The number of hydrazone groups is 1. The molecule has 0 radical (unpaired) electrons. The van der Waals surface area contributed by atoms with E-state index < -0.39 is 5.25 Å². The van der Waals surface area contributed by atoms with E-state index in [0.717, 1.165) is 22.6 Å². The highest BCUT2D eigenvalue weighted by Crippen LogP contribution is 2.39. The Labute approximate surface area is 230 Å². The standard InChI is InChI=1S/C29H27ClN4O3S/c1-3-37-23-13-11-22(12-14-23)31-27(35)17-26-28(36)32-29(38-26)34-25(20-5-4-6-21(30)15-20)16-24(33-34)19-9-7-18(2)8-10-19/h4-15,25-26H,3,16-17H2,1-2H3,(H,31,35)/t25-,26-/m0/s1. The number of hydrogen-bond acceptors (Lipinski definition) is 6. The fourth-order valence-electron chi connectivity index (χ4n) is 4.37. The minimum Gasteiger partial charge on any atom is -0.494 e. The number of carbonyl (C=O) groups is 2. The predicted octanol–water partition coefficient (Wildman–Crippen LogP) is 6.23. The number of carbonyl (C=O) groups excluding carboxylic acids is 2. The lowest BCUT2D eigenvalue weighted by Gasteiger charge is -2.23. The molecule has 2 aliphatic rings.